The zero-order valence-electron chi connectivity index (χ0n) is 16.5. The highest BCUT2D eigenvalue weighted by atomic mass is 16.6. The lowest BCUT2D eigenvalue weighted by Crippen LogP contribution is -2.19. The molecule has 0 spiro atoms. The van der Waals surface area contributed by atoms with Gasteiger partial charge < -0.3 is 9.47 Å². The number of rotatable bonds is 8. The Labute approximate surface area is 166 Å². The molecule has 1 aliphatic rings. The molecule has 1 aliphatic carbocycles. The lowest BCUT2D eigenvalue weighted by molar-refractivity contribution is -0.144. The number of Topliss-reactive ketones (excluding diaryl/α,β-unsaturated/α-hetero) is 1. The van der Waals surface area contributed by atoms with Gasteiger partial charge in [-0.25, -0.2) is 4.79 Å². The van der Waals surface area contributed by atoms with Crippen LogP contribution in [-0.4, -0.2) is 25.0 Å². The monoisotopic (exact) mass is 380 g/mol. The molecule has 1 saturated carbocycles. The second-order valence-electron chi connectivity index (χ2n) is 7.33. The van der Waals surface area contributed by atoms with E-state index < -0.39 is 5.97 Å². The summed E-state index contributed by atoms with van der Waals surface area (Å²) in [7, 11) is 0. The number of ether oxygens (including phenoxy) is 2. The van der Waals surface area contributed by atoms with E-state index in [1.165, 1.54) is 43.2 Å². The number of carbonyl (C=O) groups is 2. The minimum atomic E-state index is -0.549. The highest BCUT2D eigenvalue weighted by molar-refractivity contribution is 5.98. The van der Waals surface area contributed by atoms with Gasteiger partial charge in [0.15, 0.2) is 19.0 Å². The van der Waals surface area contributed by atoms with E-state index in [1.54, 1.807) is 0 Å². The first kappa shape index (κ1) is 20.1. The molecule has 0 aliphatic heterocycles. The van der Waals surface area contributed by atoms with Gasteiger partial charge in [0.1, 0.15) is 5.75 Å². The maximum absolute atomic E-state index is 12.3. The quantitative estimate of drug-likeness (QED) is 0.472. The zero-order valence-corrected chi connectivity index (χ0v) is 16.5. The van der Waals surface area contributed by atoms with Crippen LogP contribution >= 0.6 is 0 Å². The fourth-order valence-electron chi connectivity index (χ4n) is 3.61. The van der Waals surface area contributed by atoms with Crippen LogP contribution in [0.1, 0.15) is 66.4 Å². The number of ketones is 1. The molecule has 4 nitrogen and oxygen atoms in total. The molecule has 0 N–H and O–H groups in total. The molecule has 148 valence electrons. The molecule has 4 heteroatoms. The van der Waals surface area contributed by atoms with E-state index in [1.807, 2.05) is 48.5 Å². The minimum absolute atomic E-state index is 0.198. The van der Waals surface area contributed by atoms with Crippen LogP contribution in [0.25, 0.3) is 0 Å². The van der Waals surface area contributed by atoms with Crippen molar-refractivity contribution in [2.24, 2.45) is 0 Å². The van der Waals surface area contributed by atoms with E-state index in [-0.39, 0.29) is 19.0 Å². The highest BCUT2D eigenvalue weighted by Gasteiger charge is 2.16. The third-order valence-electron chi connectivity index (χ3n) is 5.36. The van der Waals surface area contributed by atoms with Crippen molar-refractivity contribution in [2.75, 3.05) is 13.2 Å². The van der Waals surface area contributed by atoms with Gasteiger partial charge in [-0.1, -0.05) is 62.6 Å². The number of esters is 1. The van der Waals surface area contributed by atoms with Crippen molar-refractivity contribution < 1.29 is 19.1 Å². The molecular weight excluding hydrogens is 352 g/mol. The third-order valence-corrected chi connectivity index (χ3v) is 5.36. The summed E-state index contributed by atoms with van der Waals surface area (Å²) in [6, 6.07) is 15.3. The number of aryl methyl sites for hydroxylation is 1. The Morgan fingerprint density at radius 3 is 2.21 bits per heavy atom. The molecule has 0 heterocycles. The first-order chi connectivity index (χ1) is 13.7. The van der Waals surface area contributed by atoms with Crippen LogP contribution in [0.5, 0.6) is 5.75 Å². The summed E-state index contributed by atoms with van der Waals surface area (Å²) in [5, 5.41) is 0. The smallest absolute Gasteiger partial charge is 0.344 e. The van der Waals surface area contributed by atoms with Crippen LogP contribution in [0.2, 0.25) is 0 Å². The van der Waals surface area contributed by atoms with Crippen LogP contribution in [0.15, 0.2) is 48.5 Å². The highest BCUT2D eigenvalue weighted by Crippen LogP contribution is 2.32. The Balaban J connectivity index is 1.43. The summed E-state index contributed by atoms with van der Waals surface area (Å²) >= 11 is 0. The van der Waals surface area contributed by atoms with Crippen molar-refractivity contribution in [3.63, 3.8) is 0 Å². The summed E-state index contributed by atoms with van der Waals surface area (Å²) in [6.45, 7) is 1.60. The predicted molar refractivity (Wildman–Crippen MR) is 109 cm³/mol. The summed E-state index contributed by atoms with van der Waals surface area (Å²) in [5.74, 6) is 0.473. The molecule has 1 fully saturated rings. The summed E-state index contributed by atoms with van der Waals surface area (Å²) in [6.07, 6.45) is 7.30. The second kappa shape index (κ2) is 10.1. The normalized spacial score (nSPS) is 14.5. The average Bonchev–Trinajstić information content (AvgIpc) is 2.77. The number of benzene rings is 2. The molecule has 0 unspecified atom stereocenters. The van der Waals surface area contributed by atoms with Crippen LogP contribution in [0, 0.1) is 0 Å². The average molecular weight is 380 g/mol. The lowest BCUT2D eigenvalue weighted by atomic mass is 9.84. The maximum atomic E-state index is 12.3. The number of hydrogen-bond acceptors (Lipinski definition) is 4. The first-order valence-corrected chi connectivity index (χ1v) is 10.2. The fraction of sp³-hybridized carbons (Fsp3) is 0.417. The topological polar surface area (TPSA) is 52.6 Å². The fourth-order valence-corrected chi connectivity index (χ4v) is 3.61. The van der Waals surface area contributed by atoms with E-state index in [2.05, 4.69) is 6.92 Å². The lowest BCUT2D eigenvalue weighted by Gasteiger charge is -2.22. The number of hydrogen-bond donors (Lipinski definition) is 0. The molecule has 0 radical (unpaired) electrons. The van der Waals surface area contributed by atoms with Gasteiger partial charge in [0.25, 0.3) is 0 Å². The molecular formula is C24H28O4. The van der Waals surface area contributed by atoms with Crippen molar-refractivity contribution in [1.82, 2.24) is 0 Å². The van der Waals surface area contributed by atoms with Gasteiger partial charge in [0, 0.05) is 5.56 Å². The largest absolute Gasteiger partial charge is 0.482 e. The molecule has 2 aromatic rings. The second-order valence-corrected chi connectivity index (χ2v) is 7.33. The van der Waals surface area contributed by atoms with Crippen molar-refractivity contribution in [3.8, 4) is 5.75 Å². The zero-order chi connectivity index (χ0) is 19.8. The SMILES string of the molecule is CCc1ccc(OCC(=O)OCC(=O)c2ccc(C3CCCCC3)cc2)cc1. The van der Waals surface area contributed by atoms with E-state index in [0.717, 1.165) is 6.42 Å². The maximum Gasteiger partial charge on any atom is 0.344 e. The van der Waals surface area contributed by atoms with Crippen molar-refractivity contribution in [3.05, 3.63) is 65.2 Å². The van der Waals surface area contributed by atoms with E-state index in [9.17, 15) is 9.59 Å². The Kier molecular flexibility index (Phi) is 7.24. The van der Waals surface area contributed by atoms with Crippen molar-refractivity contribution >= 4 is 11.8 Å². The van der Waals surface area contributed by atoms with Gasteiger partial charge in [-0.2, -0.15) is 0 Å². The van der Waals surface area contributed by atoms with Gasteiger partial charge in [-0.3, -0.25) is 4.79 Å². The molecule has 28 heavy (non-hydrogen) atoms. The van der Waals surface area contributed by atoms with Crippen LogP contribution in [0.3, 0.4) is 0 Å². The van der Waals surface area contributed by atoms with E-state index in [0.29, 0.717) is 17.2 Å². The van der Waals surface area contributed by atoms with Crippen molar-refractivity contribution in [1.29, 1.82) is 0 Å². The molecule has 0 saturated heterocycles. The van der Waals surface area contributed by atoms with Crippen molar-refractivity contribution in [2.45, 2.75) is 51.4 Å². The molecule has 2 aromatic carbocycles. The van der Waals surface area contributed by atoms with Gasteiger partial charge in [-0.15, -0.1) is 0 Å². The summed E-state index contributed by atoms with van der Waals surface area (Å²) in [4.78, 5) is 24.1. The standard InChI is InChI=1S/C24H28O4/c1-2-18-8-14-22(15-9-18)27-17-24(26)28-16-23(25)21-12-10-20(11-13-21)19-6-4-3-5-7-19/h8-15,19H,2-7,16-17H2,1H3. The first-order valence-electron chi connectivity index (χ1n) is 10.2. The molecule has 3 rings (SSSR count). The van der Waals surface area contributed by atoms with Gasteiger partial charge in [0.05, 0.1) is 0 Å². The summed E-state index contributed by atoms with van der Waals surface area (Å²) < 4.78 is 10.5. The molecule has 0 amide bonds. The predicted octanol–water partition coefficient (Wildman–Crippen LogP) is 5.10. The molecule has 0 atom stereocenters. The molecule has 0 bridgehead atoms. The Hall–Kier alpha value is -2.62. The molecule has 0 aromatic heterocycles. The number of carbonyl (C=O) groups excluding carboxylic acids is 2. The van der Waals surface area contributed by atoms with Gasteiger partial charge >= 0.3 is 5.97 Å². The Morgan fingerprint density at radius 1 is 0.893 bits per heavy atom. The van der Waals surface area contributed by atoms with Gasteiger partial charge in [-0.05, 0) is 48.4 Å². The van der Waals surface area contributed by atoms with Crippen LogP contribution in [-0.2, 0) is 16.0 Å². The minimum Gasteiger partial charge on any atom is -0.482 e. The van der Waals surface area contributed by atoms with Gasteiger partial charge in [0.2, 0.25) is 0 Å². The van der Waals surface area contributed by atoms with E-state index in [4.69, 9.17) is 9.47 Å². The Bertz CT molecular complexity index is 771. The summed E-state index contributed by atoms with van der Waals surface area (Å²) in [5.41, 5.74) is 3.08. The Morgan fingerprint density at radius 2 is 1.57 bits per heavy atom. The third kappa shape index (κ3) is 5.69. The van der Waals surface area contributed by atoms with Crippen LogP contribution in [0.4, 0.5) is 0 Å². The van der Waals surface area contributed by atoms with Crippen LogP contribution < -0.4 is 4.74 Å². The van der Waals surface area contributed by atoms with E-state index >= 15 is 0 Å².